The molecule has 1 atom stereocenters. The van der Waals surface area contributed by atoms with Crippen LogP contribution in [-0.4, -0.2) is 43.8 Å². The van der Waals surface area contributed by atoms with Crippen molar-refractivity contribution in [1.82, 2.24) is 14.6 Å². The topological polar surface area (TPSA) is 79.4 Å². The van der Waals surface area contributed by atoms with Gasteiger partial charge in [0, 0.05) is 32.0 Å². The van der Waals surface area contributed by atoms with E-state index >= 15 is 0 Å². The van der Waals surface area contributed by atoms with E-state index in [2.05, 4.69) is 9.71 Å². The Morgan fingerprint density at radius 2 is 2.24 bits per heavy atom. The van der Waals surface area contributed by atoms with Gasteiger partial charge in [-0.2, -0.15) is 0 Å². The molecule has 1 N–H and O–H groups in total. The molecule has 3 rings (SSSR count). The van der Waals surface area contributed by atoms with E-state index in [1.165, 1.54) is 11.3 Å². The maximum Gasteiger partial charge on any atom is 0.250 e. The van der Waals surface area contributed by atoms with E-state index in [4.69, 9.17) is 0 Å². The standard InChI is InChI=1S/C17H21N3O3S2/c21-16(10-14-4-1-7-18-11-14)20-8-2-5-15(13-20)12-19-25(22,23)17-6-3-9-24-17/h1,3-4,6-7,9,11,15,19H,2,5,8,10,12-13H2. The Kier molecular flexibility index (Phi) is 5.82. The molecule has 1 amide bonds. The number of rotatable bonds is 6. The minimum Gasteiger partial charge on any atom is -0.342 e. The van der Waals surface area contributed by atoms with E-state index in [1.54, 1.807) is 29.9 Å². The summed E-state index contributed by atoms with van der Waals surface area (Å²) in [5.74, 6) is 0.208. The number of piperidine rings is 1. The number of carbonyl (C=O) groups is 1. The lowest BCUT2D eigenvalue weighted by atomic mass is 9.98. The predicted octanol–water partition coefficient (Wildman–Crippen LogP) is 1.90. The van der Waals surface area contributed by atoms with Crippen LogP contribution in [0.4, 0.5) is 0 Å². The number of nitrogens with zero attached hydrogens (tertiary/aromatic N) is 2. The minimum atomic E-state index is -3.45. The normalized spacial score (nSPS) is 18.2. The number of amides is 1. The summed E-state index contributed by atoms with van der Waals surface area (Å²) in [4.78, 5) is 18.3. The van der Waals surface area contributed by atoms with Gasteiger partial charge in [-0.25, -0.2) is 13.1 Å². The molecule has 0 radical (unpaired) electrons. The minimum absolute atomic E-state index is 0.0683. The molecule has 0 spiro atoms. The Morgan fingerprint density at radius 1 is 1.36 bits per heavy atom. The van der Waals surface area contributed by atoms with E-state index in [1.807, 2.05) is 17.0 Å². The van der Waals surface area contributed by atoms with Gasteiger partial charge in [0.05, 0.1) is 6.42 Å². The van der Waals surface area contributed by atoms with Crippen molar-refractivity contribution in [3.8, 4) is 0 Å². The van der Waals surface area contributed by atoms with Crippen LogP contribution < -0.4 is 4.72 Å². The molecule has 2 aromatic heterocycles. The maximum absolute atomic E-state index is 12.5. The highest BCUT2D eigenvalue weighted by atomic mass is 32.2. The van der Waals surface area contributed by atoms with Gasteiger partial charge in [-0.15, -0.1) is 11.3 Å². The summed E-state index contributed by atoms with van der Waals surface area (Å²) in [5, 5.41) is 1.74. The zero-order valence-corrected chi connectivity index (χ0v) is 15.4. The first-order valence-corrected chi connectivity index (χ1v) is 10.6. The average molecular weight is 380 g/mol. The van der Waals surface area contributed by atoms with Gasteiger partial charge < -0.3 is 4.90 Å². The highest BCUT2D eigenvalue weighted by Gasteiger charge is 2.25. The smallest absolute Gasteiger partial charge is 0.250 e. The fraction of sp³-hybridized carbons (Fsp3) is 0.412. The Bertz CT molecular complexity index is 792. The maximum atomic E-state index is 12.5. The zero-order valence-electron chi connectivity index (χ0n) is 13.8. The number of sulfonamides is 1. The van der Waals surface area contributed by atoms with E-state index < -0.39 is 10.0 Å². The van der Waals surface area contributed by atoms with Gasteiger partial charge in [0.2, 0.25) is 15.9 Å². The molecule has 2 aromatic rings. The van der Waals surface area contributed by atoms with Crippen LogP contribution in [0, 0.1) is 5.92 Å². The number of aromatic nitrogens is 1. The number of thiophene rings is 1. The number of likely N-dealkylation sites (tertiary alicyclic amines) is 1. The Balaban J connectivity index is 1.53. The first-order chi connectivity index (χ1) is 12.0. The Morgan fingerprint density at radius 3 is 2.96 bits per heavy atom. The Labute approximate surface area is 151 Å². The Hall–Kier alpha value is -1.77. The largest absolute Gasteiger partial charge is 0.342 e. The van der Waals surface area contributed by atoms with Gasteiger partial charge in [-0.3, -0.25) is 9.78 Å². The molecule has 1 saturated heterocycles. The summed E-state index contributed by atoms with van der Waals surface area (Å²) in [6.45, 7) is 1.68. The van der Waals surface area contributed by atoms with E-state index in [9.17, 15) is 13.2 Å². The molecular formula is C17H21N3O3S2. The molecule has 0 aliphatic carbocycles. The number of nitrogens with one attached hydrogen (secondary N) is 1. The molecule has 0 saturated carbocycles. The molecule has 1 aliphatic rings. The molecule has 134 valence electrons. The monoisotopic (exact) mass is 379 g/mol. The first-order valence-electron chi connectivity index (χ1n) is 8.24. The van der Waals surface area contributed by atoms with Crippen molar-refractivity contribution < 1.29 is 13.2 Å². The van der Waals surface area contributed by atoms with Crippen molar-refractivity contribution in [3.63, 3.8) is 0 Å². The average Bonchev–Trinajstić information content (AvgIpc) is 3.17. The molecule has 1 fully saturated rings. The molecular weight excluding hydrogens is 358 g/mol. The molecule has 1 unspecified atom stereocenters. The molecule has 1 aliphatic heterocycles. The van der Waals surface area contributed by atoms with Crippen molar-refractivity contribution >= 4 is 27.3 Å². The molecule has 0 bridgehead atoms. The van der Waals surface area contributed by atoms with E-state index in [0.717, 1.165) is 24.9 Å². The van der Waals surface area contributed by atoms with Crippen molar-refractivity contribution in [3.05, 3.63) is 47.6 Å². The van der Waals surface area contributed by atoms with Crippen molar-refractivity contribution in [1.29, 1.82) is 0 Å². The highest BCUT2D eigenvalue weighted by Crippen LogP contribution is 2.19. The lowest BCUT2D eigenvalue weighted by molar-refractivity contribution is -0.132. The summed E-state index contributed by atoms with van der Waals surface area (Å²) in [6, 6.07) is 7.03. The summed E-state index contributed by atoms with van der Waals surface area (Å²) in [6.07, 6.45) is 5.54. The van der Waals surface area contributed by atoms with Crippen LogP contribution in [0.5, 0.6) is 0 Å². The number of pyridine rings is 1. The quantitative estimate of drug-likeness (QED) is 0.831. The molecule has 6 nitrogen and oxygen atoms in total. The second-order valence-corrected chi connectivity index (χ2v) is 9.11. The van der Waals surface area contributed by atoms with Gasteiger partial charge in [-0.1, -0.05) is 12.1 Å². The molecule has 3 heterocycles. The lowest BCUT2D eigenvalue weighted by Crippen LogP contribution is -2.44. The van der Waals surface area contributed by atoms with Crippen molar-refractivity contribution in [2.75, 3.05) is 19.6 Å². The van der Waals surface area contributed by atoms with Gasteiger partial charge in [-0.05, 0) is 41.8 Å². The van der Waals surface area contributed by atoms with Crippen LogP contribution in [0.1, 0.15) is 18.4 Å². The summed E-state index contributed by atoms with van der Waals surface area (Å²) in [5.41, 5.74) is 0.896. The van der Waals surface area contributed by atoms with Gasteiger partial charge in [0.25, 0.3) is 0 Å². The van der Waals surface area contributed by atoms with Crippen LogP contribution in [0.15, 0.2) is 46.2 Å². The summed E-state index contributed by atoms with van der Waals surface area (Å²) >= 11 is 1.20. The van der Waals surface area contributed by atoms with E-state index in [0.29, 0.717) is 23.7 Å². The highest BCUT2D eigenvalue weighted by molar-refractivity contribution is 7.91. The SMILES string of the molecule is O=C(Cc1cccnc1)N1CCCC(CNS(=O)(=O)c2cccs2)C1. The van der Waals surface area contributed by atoms with Crippen LogP contribution in [-0.2, 0) is 21.2 Å². The number of hydrogen-bond acceptors (Lipinski definition) is 5. The van der Waals surface area contributed by atoms with Crippen LogP contribution in [0.2, 0.25) is 0 Å². The second-order valence-electron chi connectivity index (χ2n) is 6.17. The first kappa shape index (κ1) is 18.0. The number of hydrogen-bond donors (Lipinski definition) is 1. The third-order valence-electron chi connectivity index (χ3n) is 4.27. The third kappa shape index (κ3) is 4.87. The lowest BCUT2D eigenvalue weighted by Gasteiger charge is -2.33. The second kappa shape index (κ2) is 8.07. The zero-order chi connectivity index (χ0) is 17.7. The molecule has 0 aromatic carbocycles. The van der Waals surface area contributed by atoms with Crippen LogP contribution >= 0.6 is 11.3 Å². The van der Waals surface area contributed by atoms with Crippen molar-refractivity contribution in [2.45, 2.75) is 23.5 Å². The van der Waals surface area contributed by atoms with E-state index in [-0.39, 0.29) is 11.8 Å². The fourth-order valence-corrected chi connectivity index (χ4v) is 5.12. The van der Waals surface area contributed by atoms with Gasteiger partial charge in [0.1, 0.15) is 4.21 Å². The molecule has 8 heteroatoms. The van der Waals surface area contributed by atoms with Gasteiger partial charge in [0.15, 0.2) is 0 Å². The summed E-state index contributed by atoms with van der Waals surface area (Å²) in [7, 11) is -3.45. The fourth-order valence-electron chi connectivity index (χ4n) is 2.96. The predicted molar refractivity (Wildman–Crippen MR) is 96.8 cm³/mol. The van der Waals surface area contributed by atoms with Crippen LogP contribution in [0.25, 0.3) is 0 Å². The van der Waals surface area contributed by atoms with Crippen LogP contribution in [0.3, 0.4) is 0 Å². The third-order valence-corrected chi connectivity index (χ3v) is 7.09. The van der Waals surface area contributed by atoms with Gasteiger partial charge >= 0.3 is 0 Å². The van der Waals surface area contributed by atoms with Crippen molar-refractivity contribution in [2.24, 2.45) is 5.92 Å². The number of carbonyl (C=O) groups excluding carboxylic acids is 1. The molecule has 25 heavy (non-hydrogen) atoms. The summed E-state index contributed by atoms with van der Waals surface area (Å²) < 4.78 is 27.4.